The van der Waals surface area contributed by atoms with Crippen molar-refractivity contribution in [3.8, 4) is 0 Å². The highest BCUT2D eigenvalue weighted by Gasteiger charge is 2.49. The monoisotopic (exact) mass is 281 g/mol. The molecule has 104 valence electrons. The summed E-state index contributed by atoms with van der Waals surface area (Å²) in [5, 5.41) is 3.66. The van der Waals surface area contributed by atoms with Crippen molar-refractivity contribution >= 4 is 17.7 Å². The Morgan fingerprint density at radius 2 is 1.84 bits per heavy atom. The minimum atomic E-state index is -0.460. The molecule has 1 aliphatic rings. The van der Waals surface area contributed by atoms with Crippen molar-refractivity contribution in [2.24, 2.45) is 5.92 Å². The Bertz CT molecular complexity index is 464. The summed E-state index contributed by atoms with van der Waals surface area (Å²) in [7, 11) is 0. The van der Waals surface area contributed by atoms with E-state index < -0.39 is 5.60 Å². The third-order valence-corrected chi connectivity index (χ3v) is 3.57. The SMILES string of the molecule is C[C@@H]1[C@@H](NC(=O)OC(C)(C)C)[C@H]1c1ccc(Cl)cc1. The largest absolute Gasteiger partial charge is 0.444 e. The number of ether oxygens (including phenoxy) is 1. The first-order valence-electron chi connectivity index (χ1n) is 6.53. The lowest BCUT2D eigenvalue weighted by Gasteiger charge is -2.19. The highest BCUT2D eigenvalue weighted by Crippen LogP contribution is 2.47. The van der Waals surface area contributed by atoms with Gasteiger partial charge < -0.3 is 10.1 Å². The number of rotatable bonds is 2. The van der Waals surface area contributed by atoms with Crippen molar-refractivity contribution in [1.29, 1.82) is 0 Å². The average Bonchev–Trinajstić information content (AvgIpc) is 2.87. The summed E-state index contributed by atoms with van der Waals surface area (Å²) in [6, 6.07) is 7.94. The lowest BCUT2D eigenvalue weighted by atomic mass is 10.1. The number of halogens is 1. The average molecular weight is 282 g/mol. The van der Waals surface area contributed by atoms with Crippen LogP contribution in [0.2, 0.25) is 5.02 Å². The molecule has 0 radical (unpaired) electrons. The molecule has 0 spiro atoms. The van der Waals surface area contributed by atoms with E-state index in [0.717, 1.165) is 5.02 Å². The van der Waals surface area contributed by atoms with E-state index >= 15 is 0 Å². The van der Waals surface area contributed by atoms with Gasteiger partial charge in [0.1, 0.15) is 5.60 Å². The number of carbonyl (C=O) groups excluding carboxylic acids is 1. The zero-order valence-corrected chi connectivity index (χ0v) is 12.5. The Balaban J connectivity index is 1.94. The van der Waals surface area contributed by atoms with Crippen LogP contribution in [-0.2, 0) is 4.74 Å². The van der Waals surface area contributed by atoms with Gasteiger partial charge in [-0.3, -0.25) is 0 Å². The predicted molar refractivity (Wildman–Crippen MR) is 76.5 cm³/mol. The van der Waals surface area contributed by atoms with Crippen molar-refractivity contribution in [3.63, 3.8) is 0 Å². The maximum Gasteiger partial charge on any atom is 0.407 e. The van der Waals surface area contributed by atoms with E-state index in [1.807, 2.05) is 45.0 Å². The van der Waals surface area contributed by atoms with Crippen molar-refractivity contribution < 1.29 is 9.53 Å². The molecular formula is C15H20ClNO2. The Labute approximate surface area is 119 Å². The third kappa shape index (κ3) is 3.63. The van der Waals surface area contributed by atoms with Crippen LogP contribution in [0.5, 0.6) is 0 Å². The van der Waals surface area contributed by atoms with E-state index in [-0.39, 0.29) is 12.1 Å². The highest BCUT2D eigenvalue weighted by atomic mass is 35.5. The van der Waals surface area contributed by atoms with E-state index in [0.29, 0.717) is 11.8 Å². The number of alkyl carbamates (subject to hydrolysis) is 1. The smallest absolute Gasteiger partial charge is 0.407 e. The van der Waals surface area contributed by atoms with Gasteiger partial charge in [0.15, 0.2) is 0 Å². The van der Waals surface area contributed by atoms with Gasteiger partial charge in [0.05, 0.1) is 0 Å². The quantitative estimate of drug-likeness (QED) is 0.891. The summed E-state index contributed by atoms with van der Waals surface area (Å²) < 4.78 is 5.27. The van der Waals surface area contributed by atoms with Gasteiger partial charge in [-0.05, 0) is 44.4 Å². The number of nitrogens with one attached hydrogen (secondary N) is 1. The summed E-state index contributed by atoms with van der Waals surface area (Å²) in [4.78, 5) is 11.7. The van der Waals surface area contributed by atoms with Crippen molar-refractivity contribution in [1.82, 2.24) is 5.32 Å². The maximum atomic E-state index is 11.7. The number of amides is 1. The molecule has 3 nitrogen and oxygen atoms in total. The number of carbonyl (C=O) groups is 1. The molecule has 0 unspecified atom stereocenters. The molecule has 4 heteroatoms. The molecule has 3 atom stereocenters. The molecule has 1 aromatic carbocycles. The number of hydrogen-bond acceptors (Lipinski definition) is 2. The van der Waals surface area contributed by atoms with E-state index in [4.69, 9.17) is 16.3 Å². The summed E-state index contributed by atoms with van der Waals surface area (Å²) in [6.07, 6.45) is -0.346. The van der Waals surface area contributed by atoms with Crippen LogP contribution in [0.15, 0.2) is 24.3 Å². The molecule has 0 aromatic heterocycles. The molecule has 1 fully saturated rings. The van der Waals surface area contributed by atoms with Crippen LogP contribution in [0.25, 0.3) is 0 Å². The zero-order chi connectivity index (χ0) is 14.2. The van der Waals surface area contributed by atoms with Gasteiger partial charge in [-0.25, -0.2) is 4.79 Å². The van der Waals surface area contributed by atoms with Gasteiger partial charge in [0.25, 0.3) is 0 Å². The molecule has 2 rings (SSSR count). The van der Waals surface area contributed by atoms with Crippen molar-refractivity contribution in [2.75, 3.05) is 0 Å². The van der Waals surface area contributed by atoms with E-state index in [9.17, 15) is 4.79 Å². The minimum Gasteiger partial charge on any atom is -0.444 e. The fourth-order valence-corrected chi connectivity index (χ4v) is 2.45. The van der Waals surface area contributed by atoms with Crippen molar-refractivity contribution in [2.45, 2.75) is 45.3 Å². The van der Waals surface area contributed by atoms with Gasteiger partial charge in [-0.15, -0.1) is 0 Å². The summed E-state index contributed by atoms with van der Waals surface area (Å²) in [5.74, 6) is 0.776. The Kier molecular flexibility index (Phi) is 3.77. The lowest BCUT2D eigenvalue weighted by molar-refractivity contribution is 0.0520. The summed E-state index contributed by atoms with van der Waals surface area (Å²) in [6.45, 7) is 7.71. The Morgan fingerprint density at radius 1 is 1.26 bits per heavy atom. The van der Waals surface area contributed by atoms with Crippen LogP contribution in [0.1, 0.15) is 39.2 Å². The summed E-state index contributed by atoms with van der Waals surface area (Å²) >= 11 is 5.88. The molecule has 1 saturated carbocycles. The molecule has 0 bridgehead atoms. The van der Waals surface area contributed by atoms with E-state index in [1.165, 1.54) is 5.56 Å². The fourth-order valence-electron chi connectivity index (χ4n) is 2.32. The predicted octanol–water partition coefficient (Wildman–Crippen LogP) is 3.97. The Hall–Kier alpha value is -1.22. The number of benzene rings is 1. The third-order valence-electron chi connectivity index (χ3n) is 3.32. The number of hydrogen-bond donors (Lipinski definition) is 1. The second kappa shape index (κ2) is 5.04. The maximum absolute atomic E-state index is 11.7. The molecule has 0 heterocycles. The van der Waals surface area contributed by atoms with Crippen molar-refractivity contribution in [3.05, 3.63) is 34.9 Å². The molecule has 1 N–H and O–H groups in total. The molecule has 1 amide bonds. The second-order valence-electron chi connectivity index (χ2n) is 6.11. The Morgan fingerprint density at radius 3 is 2.37 bits per heavy atom. The minimum absolute atomic E-state index is 0.149. The van der Waals surface area contributed by atoms with Crippen LogP contribution in [0, 0.1) is 5.92 Å². The molecule has 0 saturated heterocycles. The molecule has 19 heavy (non-hydrogen) atoms. The van der Waals surface area contributed by atoms with Gasteiger partial charge >= 0.3 is 6.09 Å². The molecule has 0 aliphatic heterocycles. The van der Waals surface area contributed by atoms with Crippen LogP contribution >= 0.6 is 11.6 Å². The normalized spacial score (nSPS) is 25.8. The zero-order valence-electron chi connectivity index (χ0n) is 11.7. The molecule has 1 aromatic rings. The molecule has 1 aliphatic carbocycles. The first kappa shape index (κ1) is 14.2. The van der Waals surface area contributed by atoms with Crippen LogP contribution < -0.4 is 5.32 Å². The second-order valence-corrected chi connectivity index (χ2v) is 6.54. The van der Waals surface area contributed by atoms with Crippen LogP contribution in [0.3, 0.4) is 0 Å². The van der Waals surface area contributed by atoms with Crippen LogP contribution in [-0.4, -0.2) is 17.7 Å². The van der Waals surface area contributed by atoms with Gasteiger partial charge in [-0.1, -0.05) is 30.7 Å². The van der Waals surface area contributed by atoms with E-state index in [2.05, 4.69) is 12.2 Å². The fraction of sp³-hybridized carbons (Fsp3) is 0.533. The first-order chi connectivity index (χ1) is 8.78. The molecular weight excluding hydrogens is 262 g/mol. The highest BCUT2D eigenvalue weighted by molar-refractivity contribution is 6.30. The van der Waals surface area contributed by atoms with E-state index in [1.54, 1.807) is 0 Å². The van der Waals surface area contributed by atoms with Gasteiger partial charge in [0, 0.05) is 17.0 Å². The van der Waals surface area contributed by atoms with Crippen LogP contribution in [0.4, 0.5) is 4.79 Å². The summed E-state index contributed by atoms with van der Waals surface area (Å²) in [5.41, 5.74) is 0.746. The first-order valence-corrected chi connectivity index (χ1v) is 6.91. The van der Waals surface area contributed by atoms with Gasteiger partial charge in [-0.2, -0.15) is 0 Å². The standard InChI is InChI=1S/C15H20ClNO2/c1-9-12(10-5-7-11(16)8-6-10)13(9)17-14(18)19-15(2,3)4/h5-9,12-13H,1-4H3,(H,17,18)/t9-,12+,13+/m0/s1. The topological polar surface area (TPSA) is 38.3 Å². The lowest BCUT2D eigenvalue weighted by Crippen LogP contribution is -2.34. The van der Waals surface area contributed by atoms with Gasteiger partial charge in [0.2, 0.25) is 0 Å².